The minimum absolute atomic E-state index is 0.417. The highest BCUT2D eigenvalue weighted by Gasteiger charge is 2.30. The van der Waals surface area contributed by atoms with Gasteiger partial charge in [-0.2, -0.15) is 0 Å². The summed E-state index contributed by atoms with van der Waals surface area (Å²) in [5, 5.41) is 12.6. The van der Waals surface area contributed by atoms with Gasteiger partial charge in [0.25, 0.3) is 0 Å². The Morgan fingerprint density at radius 2 is 1.90 bits per heavy atom. The first-order valence-electron chi connectivity index (χ1n) is 6.95. The first-order valence-corrected chi connectivity index (χ1v) is 6.95. The summed E-state index contributed by atoms with van der Waals surface area (Å²) in [6.07, 6.45) is -0.483. The second-order valence-electron chi connectivity index (χ2n) is 4.89. The first kappa shape index (κ1) is 15.3. The Bertz CT molecular complexity index is 636. The highest BCUT2D eigenvalue weighted by Crippen LogP contribution is 2.37. The van der Waals surface area contributed by atoms with Gasteiger partial charge in [0.05, 0.1) is 26.2 Å². The van der Waals surface area contributed by atoms with E-state index < -0.39 is 18.0 Å². The molecule has 0 amide bonds. The van der Waals surface area contributed by atoms with E-state index in [0.29, 0.717) is 17.7 Å². The van der Waals surface area contributed by atoms with E-state index >= 15 is 0 Å². The molecule has 112 valence electrons. The highest BCUT2D eigenvalue weighted by molar-refractivity contribution is 5.89. The third-order valence-electron chi connectivity index (χ3n) is 3.77. The number of aliphatic hydroxyl groups excluding tert-OH is 1. The highest BCUT2D eigenvalue weighted by atomic mass is 16.5. The van der Waals surface area contributed by atoms with Gasteiger partial charge in [0.2, 0.25) is 0 Å². The van der Waals surface area contributed by atoms with Gasteiger partial charge in [0.15, 0.2) is 0 Å². The largest absolute Gasteiger partial charge is 0.496 e. The second-order valence-corrected chi connectivity index (χ2v) is 4.89. The van der Waals surface area contributed by atoms with Crippen molar-refractivity contribution in [3.63, 3.8) is 0 Å². The van der Waals surface area contributed by atoms with Crippen molar-refractivity contribution in [3.05, 3.63) is 42.0 Å². The summed E-state index contributed by atoms with van der Waals surface area (Å²) in [7, 11) is 2.89. The normalized spacial score (nSPS) is 13.7. The lowest BCUT2D eigenvalue weighted by molar-refractivity contribution is -0.149. The molecule has 0 aromatic heterocycles. The lowest BCUT2D eigenvalue weighted by Crippen LogP contribution is -2.23. The Labute approximate surface area is 124 Å². The molecule has 4 heteroatoms. The number of aliphatic hydroxyl groups is 1. The van der Waals surface area contributed by atoms with Gasteiger partial charge in [0.1, 0.15) is 5.75 Å². The molecule has 0 spiro atoms. The number of fused-ring (bicyclic) bond motifs is 1. The fourth-order valence-corrected chi connectivity index (χ4v) is 2.63. The van der Waals surface area contributed by atoms with E-state index in [-0.39, 0.29) is 0 Å². The van der Waals surface area contributed by atoms with Crippen LogP contribution in [0, 0.1) is 5.92 Å². The minimum atomic E-state index is -0.969. The third kappa shape index (κ3) is 2.85. The number of carbonyl (C=O) groups excluding carboxylic acids is 1. The van der Waals surface area contributed by atoms with Crippen LogP contribution in [-0.4, -0.2) is 25.3 Å². The molecule has 0 saturated carbocycles. The van der Waals surface area contributed by atoms with Gasteiger partial charge >= 0.3 is 5.97 Å². The fourth-order valence-electron chi connectivity index (χ4n) is 2.63. The number of ether oxygens (including phenoxy) is 2. The zero-order valence-corrected chi connectivity index (χ0v) is 12.5. The van der Waals surface area contributed by atoms with Crippen LogP contribution in [0.2, 0.25) is 0 Å². The lowest BCUT2D eigenvalue weighted by Gasteiger charge is -2.23. The van der Waals surface area contributed by atoms with E-state index in [1.807, 2.05) is 43.3 Å². The maximum atomic E-state index is 11.9. The Hall–Kier alpha value is -2.07. The molecule has 0 aliphatic carbocycles. The predicted octanol–water partition coefficient (Wildman–Crippen LogP) is 3.08. The van der Waals surface area contributed by atoms with Crippen molar-refractivity contribution < 1.29 is 19.4 Å². The molecule has 0 aliphatic rings. The smallest absolute Gasteiger partial charge is 0.311 e. The second kappa shape index (κ2) is 6.59. The van der Waals surface area contributed by atoms with E-state index in [2.05, 4.69) is 0 Å². The summed E-state index contributed by atoms with van der Waals surface area (Å²) in [5.41, 5.74) is 0.632. The molecular formula is C17H20O4. The molecule has 0 heterocycles. The van der Waals surface area contributed by atoms with Crippen molar-refractivity contribution >= 4 is 16.7 Å². The van der Waals surface area contributed by atoms with Gasteiger partial charge < -0.3 is 14.6 Å². The molecule has 1 N–H and O–H groups in total. The number of esters is 1. The summed E-state index contributed by atoms with van der Waals surface area (Å²) < 4.78 is 10.2. The van der Waals surface area contributed by atoms with Crippen molar-refractivity contribution in [2.75, 3.05) is 14.2 Å². The fraction of sp³-hybridized carbons (Fsp3) is 0.353. The van der Waals surface area contributed by atoms with E-state index in [4.69, 9.17) is 9.47 Å². The van der Waals surface area contributed by atoms with Crippen LogP contribution in [0.4, 0.5) is 0 Å². The topological polar surface area (TPSA) is 55.8 Å². The van der Waals surface area contributed by atoms with Crippen LogP contribution < -0.4 is 4.74 Å². The molecule has 2 aromatic carbocycles. The Morgan fingerprint density at radius 1 is 1.19 bits per heavy atom. The van der Waals surface area contributed by atoms with Crippen molar-refractivity contribution in [2.24, 2.45) is 5.92 Å². The molecule has 0 radical (unpaired) electrons. The zero-order valence-electron chi connectivity index (χ0n) is 12.5. The summed E-state index contributed by atoms with van der Waals surface area (Å²) in [6, 6.07) is 11.5. The van der Waals surface area contributed by atoms with Crippen LogP contribution in [-0.2, 0) is 9.53 Å². The van der Waals surface area contributed by atoms with Crippen LogP contribution in [0.3, 0.4) is 0 Å². The molecule has 0 bridgehead atoms. The summed E-state index contributed by atoms with van der Waals surface area (Å²) in [6.45, 7) is 1.85. The molecule has 0 saturated heterocycles. The molecule has 0 fully saturated rings. The van der Waals surface area contributed by atoms with E-state index in [1.54, 1.807) is 7.11 Å². The van der Waals surface area contributed by atoms with E-state index in [9.17, 15) is 9.90 Å². The predicted molar refractivity (Wildman–Crippen MR) is 81.3 cm³/mol. The van der Waals surface area contributed by atoms with Gasteiger partial charge in [-0.25, -0.2) is 0 Å². The third-order valence-corrected chi connectivity index (χ3v) is 3.77. The van der Waals surface area contributed by atoms with Crippen LogP contribution in [0.15, 0.2) is 36.4 Å². The summed E-state index contributed by atoms with van der Waals surface area (Å²) in [4.78, 5) is 11.9. The standard InChI is InChI=1S/C17H20O4/c1-4-12(17(19)21-3)16(18)15-13-8-6-5-7-11(13)9-10-14(15)20-2/h5-10,12,16,18H,4H2,1-3H3. The first-order chi connectivity index (χ1) is 10.1. The molecule has 2 rings (SSSR count). The van der Waals surface area contributed by atoms with Gasteiger partial charge in [-0.15, -0.1) is 0 Å². The van der Waals surface area contributed by atoms with Gasteiger partial charge in [-0.05, 0) is 23.3 Å². The van der Waals surface area contributed by atoms with Gasteiger partial charge in [-0.3, -0.25) is 4.79 Å². The maximum Gasteiger partial charge on any atom is 0.311 e. The Balaban J connectivity index is 2.60. The monoisotopic (exact) mass is 288 g/mol. The molecule has 21 heavy (non-hydrogen) atoms. The lowest BCUT2D eigenvalue weighted by atomic mass is 9.89. The van der Waals surface area contributed by atoms with Crippen LogP contribution in [0.1, 0.15) is 25.0 Å². The minimum Gasteiger partial charge on any atom is -0.496 e. The van der Waals surface area contributed by atoms with Crippen molar-refractivity contribution in [1.29, 1.82) is 0 Å². The number of methoxy groups -OCH3 is 2. The average molecular weight is 288 g/mol. The molecule has 2 unspecified atom stereocenters. The summed E-state index contributed by atoms with van der Waals surface area (Å²) in [5.74, 6) is -0.460. The number of carbonyl (C=O) groups is 1. The number of benzene rings is 2. The van der Waals surface area contributed by atoms with Crippen molar-refractivity contribution in [1.82, 2.24) is 0 Å². The Morgan fingerprint density at radius 3 is 2.52 bits per heavy atom. The van der Waals surface area contributed by atoms with Crippen molar-refractivity contribution in [3.8, 4) is 5.75 Å². The van der Waals surface area contributed by atoms with E-state index in [1.165, 1.54) is 7.11 Å². The maximum absolute atomic E-state index is 11.9. The number of rotatable bonds is 5. The average Bonchev–Trinajstić information content (AvgIpc) is 2.53. The number of hydrogen-bond donors (Lipinski definition) is 1. The zero-order chi connectivity index (χ0) is 15.4. The number of hydrogen-bond acceptors (Lipinski definition) is 4. The van der Waals surface area contributed by atoms with Crippen molar-refractivity contribution in [2.45, 2.75) is 19.4 Å². The Kier molecular flexibility index (Phi) is 4.81. The van der Waals surface area contributed by atoms with Crippen LogP contribution in [0.5, 0.6) is 5.75 Å². The molecule has 2 atom stereocenters. The van der Waals surface area contributed by atoms with E-state index in [0.717, 1.165) is 10.8 Å². The molecule has 2 aromatic rings. The summed E-state index contributed by atoms with van der Waals surface area (Å²) >= 11 is 0. The quantitative estimate of drug-likeness (QED) is 0.859. The molecular weight excluding hydrogens is 268 g/mol. The van der Waals surface area contributed by atoms with Crippen LogP contribution in [0.25, 0.3) is 10.8 Å². The molecule has 0 aliphatic heterocycles. The van der Waals surface area contributed by atoms with Gasteiger partial charge in [0, 0.05) is 5.56 Å². The SMILES string of the molecule is CCC(C(=O)OC)C(O)c1c(OC)ccc2ccccc12. The molecule has 4 nitrogen and oxygen atoms in total. The van der Waals surface area contributed by atoms with Crippen LogP contribution >= 0.6 is 0 Å². The van der Waals surface area contributed by atoms with Gasteiger partial charge in [-0.1, -0.05) is 37.3 Å².